The molecule has 1 aliphatic carbocycles. The van der Waals surface area contributed by atoms with E-state index in [1.807, 2.05) is 18.8 Å². The van der Waals surface area contributed by atoms with E-state index in [0.717, 1.165) is 37.3 Å². The Balaban J connectivity index is 2.05. The minimum absolute atomic E-state index is 0.0124. The van der Waals surface area contributed by atoms with Crippen LogP contribution < -0.4 is 5.32 Å². The molecule has 2 atom stereocenters. The fourth-order valence-electron chi connectivity index (χ4n) is 2.38. The van der Waals surface area contributed by atoms with Gasteiger partial charge in [0.15, 0.2) is 0 Å². The summed E-state index contributed by atoms with van der Waals surface area (Å²) in [5.74, 6) is 2.28. The molecule has 0 aromatic rings. The first-order valence-corrected chi connectivity index (χ1v) is 7.19. The van der Waals surface area contributed by atoms with Gasteiger partial charge in [-0.3, -0.25) is 4.79 Å². The number of hydrogen-bond acceptors (Lipinski definition) is 3. The molecule has 0 bridgehead atoms. The first-order chi connectivity index (χ1) is 7.83. The number of carbonyl (C=O) groups excluding carboxylic acids is 1. The van der Waals surface area contributed by atoms with Crippen LogP contribution in [0.15, 0.2) is 12.2 Å². The Labute approximate surface area is 102 Å². The lowest BCUT2D eigenvalue weighted by molar-refractivity contribution is -0.134. The molecule has 2 rings (SSSR count). The Morgan fingerprint density at radius 2 is 2.38 bits per heavy atom. The Hall–Kier alpha value is -0.480. The van der Waals surface area contributed by atoms with Crippen LogP contribution in [0.25, 0.3) is 0 Å². The number of allylic oxidation sites excluding steroid dienone is 1. The van der Waals surface area contributed by atoms with Crippen LogP contribution in [0.3, 0.4) is 0 Å². The van der Waals surface area contributed by atoms with Crippen LogP contribution in [0.4, 0.5) is 0 Å². The van der Waals surface area contributed by atoms with Crippen molar-refractivity contribution in [1.82, 2.24) is 10.2 Å². The quantitative estimate of drug-likeness (QED) is 0.738. The number of nitrogens with one attached hydrogen (secondary N) is 1. The van der Waals surface area contributed by atoms with Crippen LogP contribution >= 0.6 is 11.8 Å². The summed E-state index contributed by atoms with van der Waals surface area (Å²) in [4.78, 5) is 14.4. The van der Waals surface area contributed by atoms with E-state index < -0.39 is 0 Å². The molecule has 1 heterocycles. The fraction of sp³-hybridized carbons (Fsp3) is 0.750. The number of rotatable bonds is 2. The number of carbonyl (C=O) groups is 1. The summed E-state index contributed by atoms with van der Waals surface area (Å²) in [5.41, 5.74) is 0. The lowest BCUT2D eigenvalue weighted by Crippen LogP contribution is -2.50. The largest absolute Gasteiger partial charge is 0.337 e. The fourth-order valence-corrected chi connectivity index (χ4v) is 3.41. The number of nitrogens with zero attached hydrogens (tertiary/aromatic N) is 1. The molecule has 1 saturated heterocycles. The molecule has 4 heteroatoms. The average molecular weight is 240 g/mol. The average Bonchev–Trinajstić information content (AvgIpc) is 2.52. The third kappa shape index (κ3) is 2.61. The van der Waals surface area contributed by atoms with Crippen LogP contribution in [0.5, 0.6) is 0 Å². The lowest BCUT2D eigenvalue weighted by Gasteiger charge is -2.33. The first kappa shape index (κ1) is 12.0. The maximum Gasteiger partial charge on any atom is 0.240 e. The van der Waals surface area contributed by atoms with Gasteiger partial charge in [0.2, 0.25) is 5.91 Å². The van der Waals surface area contributed by atoms with E-state index in [1.54, 1.807) is 0 Å². The molecule has 0 aromatic heterocycles. The molecule has 1 fully saturated rings. The van der Waals surface area contributed by atoms with Gasteiger partial charge >= 0.3 is 0 Å². The number of amides is 1. The van der Waals surface area contributed by atoms with Gasteiger partial charge in [0.1, 0.15) is 0 Å². The Bertz CT molecular complexity index is 280. The molecule has 2 aliphatic rings. The van der Waals surface area contributed by atoms with Gasteiger partial charge in [-0.2, -0.15) is 11.8 Å². The second-order valence-corrected chi connectivity index (χ2v) is 5.54. The maximum absolute atomic E-state index is 12.3. The number of hydrogen-bond donors (Lipinski definition) is 1. The molecule has 0 aromatic carbocycles. The Morgan fingerprint density at radius 3 is 3.06 bits per heavy atom. The summed E-state index contributed by atoms with van der Waals surface area (Å²) in [6.07, 6.45) is 7.72. The minimum Gasteiger partial charge on any atom is -0.337 e. The highest BCUT2D eigenvalue weighted by atomic mass is 32.2. The summed E-state index contributed by atoms with van der Waals surface area (Å²) < 4.78 is 0. The summed E-state index contributed by atoms with van der Waals surface area (Å²) >= 11 is 1.88. The van der Waals surface area contributed by atoms with Gasteiger partial charge in [-0.1, -0.05) is 12.2 Å². The zero-order valence-corrected chi connectivity index (χ0v) is 10.6. The van der Waals surface area contributed by atoms with Crippen LogP contribution in [0, 0.1) is 0 Å². The van der Waals surface area contributed by atoms with Crippen molar-refractivity contribution >= 4 is 17.7 Å². The zero-order valence-electron chi connectivity index (χ0n) is 9.82. The van der Waals surface area contributed by atoms with Gasteiger partial charge in [0.05, 0.1) is 6.04 Å². The summed E-state index contributed by atoms with van der Waals surface area (Å²) in [6, 6.07) is 0.449. The first-order valence-electron chi connectivity index (χ1n) is 6.03. The van der Waals surface area contributed by atoms with Gasteiger partial charge in [0.25, 0.3) is 0 Å². The molecule has 0 spiro atoms. The number of likely N-dealkylation sites (N-methyl/N-ethyl adjacent to an activating group) is 1. The second kappa shape index (κ2) is 5.73. The smallest absolute Gasteiger partial charge is 0.240 e. The van der Waals surface area contributed by atoms with Crippen LogP contribution in [-0.4, -0.2) is 48.0 Å². The third-order valence-electron chi connectivity index (χ3n) is 3.37. The highest BCUT2D eigenvalue weighted by Crippen LogP contribution is 2.21. The molecule has 1 aliphatic heterocycles. The predicted octanol–water partition coefficient (Wildman–Crippen LogP) is 1.26. The second-order valence-electron chi connectivity index (χ2n) is 4.39. The zero-order chi connectivity index (χ0) is 11.4. The van der Waals surface area contributed by atoms with Crippen molar-refractivity contribution in [2.24, 2.45) is 0 Å². The van der Waals surface area contributed by atoms with Gasteiger partial charge in [-0.25, -0.2) is 0 Å². The van der Waals surface area contributed by atoms with Crippen molar-refractivity contribution in [1.29, 1.82) is 0 Å². The highest BCUT2D eigenvalue weighted by Gasteiger charge is 2.30. The molecule has 3 nitrogen and oxygen atoms in total. The number of thioether (sulfide) groups is 1. The molecule has 2 unspecified atom stereocenters. The van der Waals surface area contributed by atoms with Crippen molar-refractivity contribution in [2.75, 3.05) is 25.1 Å². The highest BCUT2D eigenvalue weighted by molar-refractivity contribution is 7.99. The third-order valence-corrected chi connectivity index (χ3v) is 4.41. The van der Waals surface area contributed by atoms with E-state index in [-0.39, 0.29) is 6.04 Å². The maximum atomic E-state index is 12.3. The van der Waals surface area contributed by atoms with Crippen LogP contribution in [0.2, 0.25) is 0 Å². The van der Waals surface area contributed by atoms with Crippen LogP contribution in [-0.2, 0) is 4.79 Å². The van der Waals surface area contributed by atoms with Crippen molar-refractivity contribution in [3.8, 4) is 0 Å². The summed E-state index contributed by atoms with van der Waals surface area (Å²) in [7, 11) is 1.88. The van der Waals surface area contributed by atoms with E-state index in [0.29, 0.717) is 11.9 Å². The predicted molar refractivity (Wildman–Crippen MR) is 68.7 cm³/mol. The van der Waals surface area contributed by atoms with E-state index in [4.69, 9.17) is 0 Å². The molecule has 0 saturated carbocycles. The molecule has 0 radical (unpaired) electrons. The topological polar surface area (TPSA) is 32.3 Å². The molecular weight excluding hydrogens is 220 g/mol. The normalized spacial score (nSPS) is 31.6. The monoisotopic (exact) mass is 240 g/mol. The Morgan fingerprint density at radius 1 is 1.50 bits per heavy atom. The summed E-state index contributed by atoms with van der Waals surface area (Å²) in [5, 5.41) is 3.13. The molecule has 16 heavy (non-hydrogen) atoms. The standard InChI is InChI=1S/C12H20N2OS/c1-13-11-9-16-8-7-14(12(11)15)10-5-3-2-4-6-10/h2-3,10-11,13H,4-9H2,1H3. The van der Waals surface area contributed by atoms with Crippen molar-refractivity contribution < 1.29 is 4.79 Å². The van der Waals surface area contributed by atoms with Crippen molar-refractivity contribution in [3.63, 3.8) is 0 Å². The molecule has 1 amide bonds. The van der Waals surface area contributed by atoms with Gasteiger partial charge < -0.3 is 10.2 Å². The SMILES string of the molecule is CNC1CSCCN(C2CC=CCC2)C1=O. The van der Waals surface area contributed by atoms with E-state index in [1.165, 1.54) is 0 Å². The van der Waals surface area contributed by atoms with Crippen LogP contribution in [0.1, 0.15) is 19.3 Å². The van der Waals surface area contributed by atoms with Crippen molar-refractivity contribution in [2.45, 2.75) is 31.3 Å². The lowest BCUT2D eigenvalue weighted by atomic mass is 9.99. The van der Waals surface area contributed by atoms with E-state index >= 15 is 0 Å². The molecular formula is C12H20N2OS. The van der Waals surface area contributed by atoms with Crippen molar-refractivity contribution in [3.05, 3.63) is 12.2 Å². The Kier molecular flexibility index (Phi) is 4.29. The summed E-state index contributed by atoms with van der Waals surface area (Å²) in [6.45, 7) is 0.917. The van der Waals surface area contributed by atoms with E-state index in [9.17, 15) is 4.79 Å². The molecule has 90 valence electrons. The van der Waals surface area contributed by atoms with Gasteiger partial charge in [-0.05, 0) is 26.3 Å². The van der Waals surface area contributed by atoms with Gasteiger partial charge in [-0.15, -0.1) is 0 Å². The molecule has 1 N–H and O–H groups in total. The minimum atomic E-state index is 0.0124. The van der Waals surface area contributed by atoms with E-state index in [2.05, 4.69) is 22.4 Å². The van der Waals surface area contributed by atoms with Gasteiger partial charge in [0, 0.05) is 24.1 Å².